The van der Waals surface area contributed by atoms with E-state index in [1.165, 1.54) is 16.5 Å². The second-order valence-corrected chi connectivity index (χ2v) is 4.82. The van der Waals surface area contributed by atoms with Gasteiger partial charge in [0.15, 0.2) is 0 Å². The number of rotatable bonds is 1. The van der Waals surface area contributed by atoms with Crippen molar-refractivity contribution in [1.29, 1.82) is 0 Å². The molecule has 2 aromatic carbocycles. The molecule has 2 aromatic rings. The van der Waals surface area contributed by atoms with Crippen molar-refractivity contribution in [2.45, 2.75) is 19.8 Å². The number of hydrogen-bond acceptors (Lipinski definition) is 2. The number of hydrogen-bond donors (Lipinski definition) is 1. The second-order valence-electron chi connectivity index (χ2n) is 4.41. The monoisotopic (exact) mass is 245 g/mol. The Hall–Kier alpha value is -1.54. The molecule has 0 heterocycles. The van der Waals surface area contributed by atoms with E-state index in [4.69, 9.17) is 16.8 Å². The van der Waals surface area contributed by atoms with Crippen LogP contribution in [0.2, 0.25) is 5.02 Å². The van der Waals surface area contributed by atoms with Gasteiger partial charge in [0.1, 0.15) is 0 Å². The van der Waals surface area contributed by atoms with Gasteiger partial charge in [-0.2, -0.15) is 0 Å². The zero-order valence-corrected chi connectivity index (χ0v) is 10.3. The molecule has 2 nitrogen and oxygen atoms in total. The van der Waals surface area contributed by atoms with Crippen molar-refractivity contribution in [3.63, 3.8) is 0 Å². The van der Waals surface area contributed by atoms with E-state index in [9.17, 15) is 0 Å². The number of oxime groups is 1. The molecule has 0 aliphatic heterocycles. The van der Waals surface area contributed by atoms with E-state index < -0.39 is 0 Å². The van der Waals surface area contributed by atoms with Gasteiger partial charge in [-0.15, -0.1) is 0 Å². The third kappa shape index (κ3) is 1.44. The summed E-state index contributed by atoms with van der Waals surface area (Å²) in [5, 5.41) is 15.3. The summed E-state index contributed by atoms with van der Waals surface area (Å²) < 4.78 is 0. The Balaban J connectivity index is 2.45. The second kappa shape index (κ2) is 3.74. The van der Waals surface area contributed by atoms with Gasteiger partial charge in [0.05, 0.1) is 5.71 Å². The van der Waals surface area contributed by atoms with Crippen LogP contribution in [-0.2, 0) is 12.8 Å². The van der Waals surface area contributed by atoms with Crippen molar-refractivity contribution in [2.75, 3.05) is 0 Å². The van der Waals surface area contributed by atoms with Crippen LogP contribution in [0.3, 0.4) is 0 Å². The van der Waals surface area contributed by atoms with Crippen LogP contribution in [0.5, 0.6) is 0 Å². The number of nitrogens with zero attached hydrogens (tertiary/aromatic N) is 1. The van der Waals surface area contributed by atoms with E-state index in [0.717, 1.165) is 28.8 Å². The first kappa shape index (κ1) is 10.6. The molecular formula is C14H12ClNO. The molecule has 3 heteroatoms. The lowest BCUT2D eigenvalue weighted by molar-refractivity contribution is 0.319. The van der Waals surface area contributed by atoms with Gasteiger partial charge in [0, 0.05) is 16.0 Å². The fourth-order valence-corrected chi connectivity index (χ4v) is 2.95. The molecule has 0 aromatic heterocycles. The quantitative estimate of drug-likeness (QED) is 0.463. The summed E-state index contributed by atoms with van der Waals surface area (Å²) in [4.78, 5) is 0. The SMILES string of the molecule is C/C(=N/O)c1cc(Cl)c2cccc3c2c1CC3. The molecule has 1 aliphatic carbocycles. The standard InChI is InChI=1S/C14H12ClNO/c1-8(16-17)12-7-13(15)11-4-2-3-9-5-6-10(12)14(9)11/h2-4,7,17H,5-6H2,1H3/b16-8-. The third-order valence-electron chi connectivity index (χ3n) is 3.49. The molecule has 0 atom stereocenters. The maximum atomic E-state index is 8.93. The lowest BCUT2D eigenvalue weighted by Crippen LogP contribution is -2.00. The topological polar surface area (TPSA) is 32.6 Å². The Kier molecular flexibility index (Phi) is 2.33. The third-order valence-corrected chi connectivity index (χ3v) is 3.80. The highest BCUT2D eigenvalue weighted by Gasteiger charge is 2.20. The molecule has 0 radical (unpaired) electrons. The summed E-state index contributed by atoms with van der Waals surface area (Å²) in [6, 6.07) is 8.14. The molecule has 0 saturated carbocycles. The zero-order chi connectivity index (χ0) is 12.0. The molecule has 17 heavy (non-hydrogen) atoms. The van der Waals surface area contributed by atoms with Crippen LogP contribution in [0.1, 0.15) is 23.6 Å². The Labute approximate surface area is 105 Å². The maximum Gasteiger partial charge on any atom is 0.0840 e. The molecule has 0 fully saturated rings. The van der Waals surface area contributed by atoms with Crippen molar-refractivity contribution in [1.82, 2.24) is 0 Å². The highest BCUT2D eigenvalue weighted by molar-refractivity contribution is 6.36. The average molecular weight is 246 g/mol. The molecule has 0 saturated heterocycles. The largest absolute Gasteiger partial charge is 0.411 e. The maximum absolute atomic E-state index is 8.93. The van der Waals surface area contributed by atoms with Gasteiger partial charge in [-0.25, -0.2) is 0 Å². The minimum absolute atomic E-state index is 0.625. The first-order valence-corrected chi connectivity index (χ1v) is 6.02. The van der Waals surface area contributed by atoms with Crippen molar-refractivity contribution in [3.8, 4) is 0 Å². The van der Waals surface area contributed by atoms with Crippen LogP contribution in [0.15, 0.2) is 29.4 Å². The summed E-state index contributed by atoms with van der Waals surface area (Å²) in [6.07, 6.45) is 2.04. The van der Waals surface area contributed by atoms with Crippen LogP contribution in [0.4, 0.5) is 0 Å². The van der Waals surface area contributed by atoms with E-state index >= 15 is 0 Å². The van der Waals surface area contributed by atoms with Crippen molar-refractivity contribution in [2.24, 2.45) is 5.16 Å². The van der Waals surface area contributed by atoms with E-state index in [-0.39, 0.29) is 0 Å². The fourth-order valence-electron chi connectivity index (χ4n) is 2.69. The molecule has 0 spiro atoms. The van der Waals surface area contributed by atoms with Gasteiger partial charge >= 0.3 is 0 Å². The molecule has 0 amide bonds. The van der Waals surface area contributed by atoms with Crippen molar-refractivity contribution >= 4 is 28.1 Å². The van der Waals surface area contributed by atoms with Crippen LogP contribution in [0.25, 0.3) is 10.8 Å². The highest BCUT2D eigenvalue weighted by atomic mass is 35.5. The molecule has 0 unspecified atom stereocenters. The summed E-state index contributed by atoms with van der Waals surface area (Å²) in [5.41, 5.74) is 4.19. The Morgan fingerprint density at radius 3 is 2.94 bits per heavy atom. The fraction of sp³-hybridized carbons (Fsp3) is 0.214. The van der Waals surface area contributed by atoms with Crippen molar-refractivity contribution < 1.29 is 5.21 Å². The molecule has 3 rings (SSSR count). The van der Waals surface area contributed by atoms with Crippen LogP contribution in [0, 0.1) is 0 Å². The summed E-state index contributed by atoms with van der Waals surface area (Å²) >= 11 is 6.30. The number of benzene rings is 2. The lowest BCUT2D eigenvalue weighted by Gasteiger charge is -2.09. The van der Waals surface area contributed by atoms with Crippen LogP contribution in [-0.4, -0.2) is 10.9 Å². The molecule has 1 N–H and O–H groups in total. The summed E-state index contributed by atoms with van der Waals surface area (Å²) in [7, 11) is 0. The van der Waals surface area contributed by atoms with Crippen LogP contribution >= 0.6 is 11.6 Å². The summed E-state index contributed by atoms with van der Waals surface area (Å²) in [5.74, 6) is 0. The molecule has 1 aliphatic rings. The van der Waals surface area contributed by atoms with Gasteiger partial charge in [0.25, 0.3) is 0 Å². The first-order valence-electron chi connectivity index (χ1n) is 5.64. The minimum Gasteiger partial charge on any atom is -0.411 e. The van der Waals surface area contributed by atoms with E-state index in [2.05, 4.69) is 11.2 Å². The zero-order valence-electron chi connectivity index (χ0n) is 9.50. The highest BCUT2D eigenvalue weighted by Crippen LogP contribution is 2.37. The molecule has 0 bridgehead atoms. The minimum atomic E-state index is 0.625. The molecule has 86 valence electrons. The predicted molar refractivity (Wildman–Crippen MR) is 70.4 cm³/mol. The lowest BCUT2D eigenvalue weighted by atomic mass is 9.98. The predicted octanol–water partition coefficient (Wildman–Crippen LogP) is 3.79. The Morgan fingerprint density at radius 1 is 1.35 bits per heavy atom. The van der Waals surface area contributed by atoms with Crippen molar-refractivity contribution in [3.05, 3.63) is 46.0 Å². The molecular weight excluding hydrogens is 234 g/mol. The first-order chi connectivity index (χ1) is 8.22. The van der Waals surface area contributed by atoms with E-state index in [0.29, 0.717) is 5.71 Å². The number of halogens is 1. The van der Waals surface area contributed by atoms with E-state index in [1.54, 1.807) is 6.92 Å². The van der Waals surface area contributed by atoms with Gasteiger partial charge in [0.2, 0.25) is 0 Å². The number of aryl methyl sites for hydroxylation is 2. The van der Waals surface area contributed by atoms with Gasteiger partial charge in [-0.05, 0) is 42.3 Å². The van der Waals surface area contributed by atoms with E-state index in [1.807, 2.05) is 18.2 Å². The Bertz CT molecular complexity index is 646. The van der Waals surface area contributed by atoms with Gasteiger partial charge < -0.3 is 5.21 Å². The van der Waals surface area contributed by atoms with Gasteiger partial charge in [-0.3, -0.25) is 0 Å². The van der Waals surface area contributed by atoms with Gasteiger partial charge in [-0.1, -0.05) is 35.0 Å². The smallest absolute Gasteiger partial charge is 0.0840 e. The normalized spacial score (nSPS) is 14.6. The van der Waals surface area contributed by atoms with Crippen LogP contribution < -0.4 is 0 Å². The summed E-state index contributed by atoms with van der Waals surface area (Å²) in [6.45, 7) is 1.80. The average Bonchev–Trinajstić information content (AvgIpc) is 2.78. The Morgan fingerprint density at radius 2 is 2.18 bits per heavy atom.